The number of carbonyl (C=O) groups excluding carboxylic acids is 1. The number of amides is 1. The number of hydrogen-bond acceptors (Lipinski definition) is 3. The van der Waals surface area contributed by atoms with Crippen molar-refractivity contribution in [2.75, 3.05) is 26.0 Å². The van der Waals surface area contributed by atoms with E-state index in [1.165, 1.54) is 18.2 Å². The number of ether oxygens (including phenoxy) is 1. The summed E-state index contributed by atoms with van der Waals surface area (Å²) in [4.78, 5) is 14.1. The highest BCUT2D eigenvalue weighted by Crippen LogP contribution is 2.16. The highest BCUT2D eigenvalue weighted by molar-refractivity contribution is 5.95. The van der Waals surface area contributed by atoms with Crippen molar-refractivity contribution >= 4 is 11.6 Å². The highest BCUT2D eigenvalue weighted by Gasteiger charge is 2.20. The monoisotopic (exact) mass is 268 g/mol. The van der Waals surface area contributed by atoms with Crippen molar-refractivity contribution in [2.45, 2.75) is 26.3 Å². The van der Waals surface area contributed by atoms with Gasteiger partial charge in [-0.15, -0.1) is 0 Å². The number of nitrogens with two attached hydrogens (primary N) is 1. The molecule has 0 aliphatic rings. The summed E-state index contributed by atoms with van der Waals surface area (Å²) in [6.45, 7) is 4.95. The maximum absolute atomic E-state index is 13.1. The van der Waals surface area contributed by atoms with E-state index in [2.05, 4.69) is 0 Å². The van der Waals surface area contributed by atoms with E-state index < -0.39 is 5.82 Å². The molecule has 0 heterocycles. The molecule has 0 radical (unpaired) electrons. The maximum Gasteiger partial charge on any atom is 0.254 e. The fourth-order valence-corrected chi connectivity index (χ4v) is 1.77. The summed E-state index contributed by atoms with van der Waals surface area (Å²) < 4.78 is 18.1. The Morgan fingerprint density at radius 2 is 2.21 bits per heavy atom. The summed E-state index contributed by atoms with van der Waals surface area (Å²) in [6, 6.07) is 4.14. The molecule has 0 aromatic heterocycles. The molecule has 0 aliphatic heterocycles. The third-order valence-corrected chi connectivity index (χ3v) is 3.16. The standard InChI is InChI=1S/C14H21FN2O2/c1-4-10(2)17(7-8-19-3)14(18)11-5-6-12(15)13(16)9-11/h5-6,9-10H,4,7-8,16H2,1-3H3. The van der Waals surface area contributed by atoms with Crippen LogP contribution in [-0.4, -0.2) is 37.1 Å². The summed E-state index contributed by atoms with van der Waals surface area (Å²) in [7, 11) is 1.59. The molecule has 0 aliphatic carbocycles. The molecule has 1 aromatic carbocycles. The second-order valence-corrected chi connectivity index (χ2v) is 4.48. The Bertz CT molecular complexity index is 437. The van der Waals surface area contributed by atoms with Crippen LogP contribution in [0.4, 0.5) is 10.1 Å². The number of hydrogen-bond donors (Lipinski definition) is 1. The predicted octanol–water partition coefficient (Wildman–Crippen LogP) is 2.29. The molecule has 0 fully saturated rings. The number of nitrogens with zero attached hydrogens (tertiary/aromatic N) is 1. The molecule has 0 saturated carbocycles. The molecule has 1 unspecified atom stereocenters. The zero-order valence-electron chi connectivity index (χ0n) is 11.6. The van der Waals surface area contributed by atoms with Crippen molar-refractivity contribution in [3.8, 4) is 0 Å². The lowest BCUT2D eigenvalue weighted by molar-refractivity contribution is 0.0614. The van der Waals surface area contributed by atoms with E-state index in [0.29, 0.717) is 18.7 Å². The van der Waals surface area contributed by atoms with Crippen LogP contribution >= 0.6 is 0 Å². The van der Waals surface area contributed by atoms with Gasteiger partial charge in [0.2, 0.25) is 0 Å². The van der Waals surface area contributed by atoms with E-state index >= 15 is 0 Å². The predicted molar refractivity (Wildman–Crippen MR) is 73.5 cm³/mol. The zero-order valence-corrected chi connectivity index (χ0v) is 11.6. The Morgan fingerprint density at radius 1 is 1.53 bits per heavy atom. The van der Waals surface area contributed by atoms with Gasteiger partial charge >= 0.3 is 0 Å². The van der Waals surface area contributed by atoms with Crippen molar-refractivity contribution in [1.82, 2.24) is 4.90 Å². The average Bonchev–Trinajstić information content (AvgIpc) is 2.41. The van der Waals surface area contributed by atoms with E-state index in [1.54, 1.807) is 12.0 Å². The molecule has 0 spiro atoms. The molecule has 1 aromatic rings. The van der Waals surface area contributed by atoms with Gasteiger partial charge < -0.3 is 15.4 Å². The van der Waals surface area contributed by atoms with Crippen LogP contribution in [-0.2, 0) is 4.74 Å². The van der Waals surface area contributed by atoms with Crippen molar-refractivity contribution < 1.29 is 13.9 Å². The van der Waals surface area contributed by atoms with Crippen molar-refractivity contribution in [1.29, 1.82) is 0 Å². The van der Waals surface area contributed by atoms with E-state index in [9.17, 15) is 9.18 Å². The molecule has 2 N–H and O–H groups in total. The van der Waals surface area contributed by atoms with Crippen molar-refractivity contribution in [3.63, 3.8) is 0 Å². The van der Waals surface area contributed by atoms with Crippen LogP contribution in [0.15, 0.2) is 18.2 Å². The topological polar surface area (TPSA) is 55.6 Å². The summed E-state index contributed by atoms with van der Waals surface area (Å²) >= 11 is 0. The molecule has 106 valence electrons. The average molecular weight is 268 g/mol. The number of nitrogen functional groups attached to an aromatic ring is 1. The fourth-order valence-electron chi connectivity index (χ4n) is 1.77. The minimum Gasteiger partial charge on any atom is -0.396 e. The molecule has 19 heavy (non-hydrogen) atoms. The summed E-state index contributed by atoms with van der Waals surface area (Å²) in [5, 5.41) is 0. The molecule has 0 bridgehead atoms. The third-order valence-electron chi connectivity index (χ3n) is 3.16. The second-order valence-electron chi connectivity index (χ2n) is 4.48. The lowest BCUT2D eigenvalue weighted by Gasteiger charge is -2.28. The van der Waals surface area contributed by atoms with Gasteiger partial charge in [-0.1, -0.05) is 6.92 Å². The Hall–Kier alpha value is -1.62. The minimum absolute atomic E-state index is 0.0123. The van der Waals surface area contributed by atoms with Crippen molar-refractivity contribution in [3.05, 3.63) is 29.6 Å². The number of benzene rings is 1. The van der Waals surface area contributed by atoms with Gasteiger partial charge in [0.05, 0.1) is 12.3 Å². The van der Waals surface area contributed by atoms with Crippen LogP contribution in [0.3, 0.4) is 0 Å². The van der Waals surface area contributed by atoms with Crippen LogP contribution in [0.2, 0.25) is 0 Å². The minimum atomic E-state index is -0.511. The van der Waals surface area contributed by atoms with Gasteiger partial charge in [-0.05, 0) is 31.5 Å². The van der Waals surface area contributed by atoms with Gasteiger partial charge in [-0.2, -0.15) is 0 Å². The Kier molecular flexibility index (Phi) is 5.76. The van der Waals surface area contributed by atoms with Gasteiger partial charge in [-0.25, -0.2) is 4.39 Å². The van der Waals surface area contributed by atoms with Gasteiger partial charge in [0.15, 0.2) is 0 Å². The van der Waals surface area contributed by atoms with Gasteiger partial charge in [0.1, 0.15) is 5.82 Å². The first-order chi connectivity index (χ1) is 9.01. The number of anilines is 1. The second kappa shape index (κ2) is 7.09. The first-order valence-electron chi connectivity index (χ1n) is 6.36. The fraction of sp³-hybridized carbons (Fsp3) is 0.500. The lowest BCUT2D eigenvalue weighted by Crippen LogP contribution is -2.40. The zero-order chi connectivity index (χ0) is 14.4. The van der Waals surface area contributed by atoms with Crippen LogP contribution in [0.25, 0.3) is 0 Å². The first-order valence-corrected chi connectivity index (χ1v) is 6.36. The van der Waals surface area contributed by atoms with Crippen molar-refractivity contribution in [2.24, 2.45) is 0 Å². The number of halogens is 1. The number of rotatable bonds is 6. The Balaban J connectivity index is 2.94. The summed E-state index contributed by atoms with van der Waals surface area (Å²) in [5.74, 6) is -0.665. The summed E-state index contributed by atoms with van der Waals surface area (Å²) in [5.41, 5.74) is 5.88. The van der Waals surface area contributed by atoms with Crippen LogP contribution < -0.4 is 5.73 Å². The van der Waals surface area contributed by atoms with Gasteiger partial charge in [-0.3, -0.25) is 4.79 Å². The Morgan fingerprint density at radius 3 is 2.74 bits per heavy atom. The molecule has 1 amide bonds. The van der Waals surface area contributed by atoms with Gasteiger partial charge in [0.25, 0.3) is 5.91 Å². The quantitative estimate of drug-likeness (QED) is 0.805. The maximum atomic E-state index is 13.1. The smallest absolute Gasteiger partial charge is 0.254 e. The number of methoxy groups -OCH3 is 1. The molecule has 0 saturated heterocycles. The largest absolute Gasteiger partial charge is 0.396 e. The highest BCUT2D eigenvalue weighted by atomic mass is 19.1. The first kappa shape index (κ1) is 15.4. The van der Waals surface area contributed by atoms with Crippen LogP contribution in [0.5, 0.6) is 0 Å². The van der Waals surface area contributed by atoms with Gasteiger partial charge in [0, 0.05) is 25.3 Å². The molecule has 1 atom stereocenters. The molecular formula is C14H21FN2O2. The van der Waals surface area contributed by atoms with Crippen LogP contribution in [0.1, 0.15) is 30.6 Å². The van der Waals surface area contributed by atoms with Crippen LogP contribution in [0, 0.1) is 5.82 Å². The Labute approximate surface area is 113 Å². The normalized spacial score (nSPS) is 12.2. The molecule has 1 rings (SSSR count). The van der Waals surface area contributed by atoms with E-state index in [1.807, 2.05) is 13.8 Å². The SMILES string of the molecule is CCC(C)N(CCOC)C(=O)c1ccc(F)c(N)c1. The molecular weight excluding hydrogens is 247 g/mol. The molecule has 5 heteroatoms. The number of carbonyl (C=O) groups is 1. The van der Waals surface area contributed by atoms with E-state index in [0.717, 1.165) is 6.42 Å². The molecule has 4 nitrogen and oxygen atoms in total. The van der Waals surface area contributed by atoms with E-state index in [4.69, 9.17) is 10.5 Å². The third kappa shape index (κ3) is 3.92. The lowest BCUT2D eigenvalue weighted by atomic mass is 10.1. The van der Waals surface area contributed by atoms with E-state index in [-0.39, 0.29) is 17.6 Å². The summed E-state index contributed by atoms with van der Waals surface area (Å²) in [6.07, 6.45) is 0.839.